The van der Waals surface area contributed by atoms with E-state index < -0.39 is 10.0 Å². The van der Waals surface area contributed by atoms with Crippen LogP contribution in [0.25, 0.3) is 0 Å². The Morgan fingerprint density at radius 2 is 2.15 bits per heavy atom. The lowest BCUT2D eigenvalue weighted by molar-refractivity contribution is 0.600. The summed E-state index contributed by atoms with van der Waals surface area (Å²) in [7, 11) is -1.89. The highest BCUT2D eigenvalue weighted by molar-refractivity contribution is 7.92. The maximum absolute atomic E-state index is 12.3. The average molecular weight is 297 g/mol. The average Bonchev–Trinajstić information content (AvgIpc) is 2.96. The summed E-state index contributed by atoms with van der Waals surface area (Å²) in [4.78, 5) is 0.218. The normalized spacial score (nSPS) is 11.8. The van der Waals surface area contributed by atoms with Gasteiger partial charge in [-0.15, -0.1) is 0 Å². The summed E-state index contributed by atoms with van der Waals surface area (Å²) in [5, 5.41) is 3.93. The zero-order chi connectivity index (χ0) is 14.8. The van der Waals surface area contributed by atoms with Crippen molar-refractivity contribution in [2.45, 2.75) is 31.3 Å². The SMILES string of the molecule is CCCn1cc(S(=O)(=O)Nc2cnn(C)c2)cc1CN. The van der Waals surface area contributed by atoms with Gasteiger partial charge in [0.05, 0.1) is 11.9 Å². The molecule has 2 aromatic heterocycles. The molecular weight excluding hydrogens is 278 g/mol. The largest absolute Gasteiger partial charge is 0.349 e. The number of aromatic nitrogens is 3. The number of sulfonamides is 1. The maximum Gasteiger partial charge on any atom is 0.263 e. The Kier molecular flexibility index (Phi) is 4.15. The van der Waals surface area contributed by atoms with Crippen LogP contribution in [0.2, 0.25) is 0 Å². The Hall–Kier alpha value is -1.80. The van der Waals surface area contributed by atoms with Crippen molar-refractivity contribution in [1.29, 1.82) is 0 Å². The minimum absolute atomic E-state index is 0.218. The molecule has 110 valence electrons. The van der Waals surface area contributed by atoms with Crippen LogP contribution in [0.3, 0.4) is 0 Å². The second kappa shape index (κ2) is 5.68. The highest BCUT2D eigenvalue weighted by atomic mass is 32.2. The highest BCUT2D eigenvalue weighted by Crippen LogP contribution is 2.18. The molecule has 0 saturated heterocycles. The van der Waals surface area contributed by atoms with E-state index in [9.17, 15) is 8.42 Å². The number of aryl methyl sites for hydroxylation is 2. The number of nitrogens with two attached hydrogens (primary N) is 1. The molecule has 8 heteroatoms. The number of hydrogen-bond acceptors (Lipinski definition) is 4. The summed E-state index contributed by atoms with van der Waals surface area (Å²) in [5.41, 5.74) is 6.88. The molecule has 0 spiro atoms. The minimum atomic E-state index is -3.61. The van der Waals surface area contributed by atoms with Crippen molar-refractivity contribution in [2.75, 3.05) is 4.72 Å². The van der Waals surface area contributed by atoms with Gasteiger partial charge in [-0.3, -0.25) is 9.40 Å². The number of hydrogen-bond donors (Lipinski definition) is 2. The molecule has 0 aliphatic rings. The molecule has 0 fully saturated rings. The van der Waals surface area contributed by atoms with Gasteiger partial charge < -0.3 is 10.3 Å². The summed E-state index contributed by atoms with van der Waals surface area (Å²) >= 11 is 0. The second-order valence-corrected chi connectivity index (χ2v) is 6.26. The Morgan fingerprint density at radius 1 is 1.40 bits per heavy atom. The third kappa shape index (κ3) is 3.02. The molecule has 0 aliphatic carbocycles. The summed E-state index contributed by atoms with van der Waals surface area (Å²) in [5.74, 6) is 0. The fourth-order valence-electron chi connectivity index (χ4n) is 1.98. The van der Waals surface area contributed by atoms with Gasteiger partial charge in [-0.05, 0) is 12.5 Å². The van der Waals surface area contributed by atoms with Crippen LogP contribution in [0.15, 0.2) is 29.6 Å². The molecular formula is C12H19N5O2S. The first-order valence-electron chi connectivity index (χ1n) is 6.37. The van der Waals surface area contributed by atoms with Gasteiger partial charge in [0.25, 0.3) is 10.0 Å². The molecule has 0 aliphatic heterocycles. The lowest BCUT2D eigenvalue weighted by Crippen LogP contribution is -2.11. The molecule has 3 N–H and O–H groups in total. The highest BCUT2D eigenvalue weighted by Gasteiger charge is 2.18. The van der Waals surface area contributed by atoms with E-state index in [2.05, 4.69) is 9.82 Å². The smallest absolute Gasteiger partial charge is 0.263 e. The van der Waals surface area contributed by atoms with Crippen LogP contribution >= 0.6 is 0 Å². The molecule has 7 nitrogen and oxygen atoms in total. The van der Waals surface area contributed by atoms with Crippen molar-refractivity contribution in [3.8, 4) is 0 Å². The predicted octanol–water partition coefficient (Wildman–Crippen LogP) is 0.891. The Balaban J connectivity index is 2.29. The molecule has 0 saturated carbocycles. The van der Waals surface area contributed by atoms with Crippen molar-refractivity contribution in [1.82, 2.24) is 14.3 Å². The summed E-state index contributed by atoms with van der Waals surface area (Å²) in [6.07, 6.45) is 5.59. The van der Waals surface area contributed by atoms with Gasteiger partial charge in [0.1, 0.15) is 4.90 Å². The third-order valence-corrected chi connectivity index (χ3v) is 4.25. The zero-order valence-electron chi connectivity index (χ0n) is 11.6. The van der Waals surface area contributed by atoms with Crippen molar-refractivity contribution < 1.29 is 8.42 Å². The van der Waals surface area contributed by atoms with Gasteiger partial charge in [-0.1, -0.05) is 6.92 Å². The van der Waals surface area contributed by atoms with E-state index >= 15 is 0 Å². The molecule has 2 rings (SSSR count). The molecule has 0 unspecified atom stereocenters. The standard InChI is InChI=1S/C12H19N5O2S/c1-3-4-17-9-12(5-11(17)6-13)20(18,19)15-10-7-14-16(2)8-10/h5,7-9,15H,3-4,6,13H2,1-2H3. The first-order chi connectivity index (χ1) is 9.46. The van der Waals surface area contributed by atoms with Crippen LogP contribution in [0, 0.1) is 0 Å². The quantitative estimate of drug-likeness (QED) is 0.828. The van der Waals surface area contributed by atoms with Gasteiger partial charge in [0.2, 0.25) is 0 Å². The summed E-state index contributed by atoms with van der Waals surface area (Å²) in [6.45, 7) is 3.08. The van der Waals surface area contributed by atoms with Crippen LogP contribution in [-0.2, 0) is 30.2 Å². The first kappa shape index (κ1) is 14.6. The molecule has 2 aromatic rings. The number of nitrogens with zero attached hydrogens (tertiary/aromatic N) is 3. The number of nitrogens with one attached hydrogen (secondary N) is 1. The lowest BCUT2D eigenvalue weighted by atomic mass is 10.4. The van der Waals surface area contributed by atoms with Gasteiger partial charge >= 0.3 is 0 Å². The summed E-state index contributed by atoms with van der Waals surface area (Å²) < 4.78 is 30.5. The van der Waals surface area contributed by atoms with Crippen LogP contribution < -0.4 is 10.5 Å². The van der Waals surface area contributed by atoms with Crippen LogP contribution in [0.4, 0.5) is 5.69 Å². The lowest BCUT2D eigenvalue weighted by Gasteiger charge is -2.04. The zero-order valence-corrected chi connectivity index (χ0v) is 12.4. The van der Waals surface area contributed by atoms with Gasteiger partial charge in [-0.25, -0.2) is 8.42 Å². The molecule has 20 heavy (non-hydrogen) atoms. The molecule has 0 aromatic carbocycles. The predicted molar refractivity (Wildman–Crippen MR) is 76.6 cm³/mol. The third-order valence-electron chi connectivity index (χ3n) is 2.90. The minimum Gasteiger partial charge on any atom is -0.349 e. The van der Waals surface area contributed by atoms with Gasteiger partial charge in [0.15, 0.2) is 0 Å². The topological polar surface area (TPSA) is 94.9 Å². The first-order valence-corrected chi connectivity index (χ1v) is 7.85. The van der Waals surface area contributed by atoms with E-state index in [0.29, 0.717) is 12.2 Å². The maximum atomic E-state index is 12.3. The van der Waals surface area contributed by atoms with E-state index in [0.717, 1.165) is 18.7 Å². The number of anilines is 1. The van der Waals surface area contributed by atoms with Crippen molar-refractivity contribution in [3.63, 3.8) is 0 Å². The van der Waals surface area contributed by atoms with E-state index in [-0.39, 0.29) is 4.90 Å². The van der Waals surface area contributed by atoms with Crippen molar-refractivity contribution in [3.05, 3.63) is 30.4 Å². The van der Waals surface area contributed by atoms with Crippen molar-refractivity contribution in [2.24, 2.45) is 12.8 Å². The van der Waals surface area contributed by atoms with E-state index in [1.54, 1.807) is 25.5 Å². The fraction of sp³-hybridized carbons (Fsp3) is 0.417. The summed E-state index contributed by atoms with van der Waals surface area (Å²) in [6, 6.07) is 1.61. The van der Waals surface area contributed by atoms with E-state index in [1.165, 1.54) is 10.9 Å². The van der Waals surface area contributed by atoms with E-state index in [1.807, 2.05) is 11.5 Å². The van der Waals surface area contributed by atoms with Crippen LogP contribution in [-0.4, -0.2) is 22.8 Å². The molecule has 0 amide bonds. The van der Waals surface area contributed by atoms with Crippen LogP contribution in [0.1, 0.15) is 19.0 Å². The Labute approximate surface area is 118 Å². The van der Waals surface area contributed by atoms with Gasteiger partial charge in [-0.2, -0.15) is 5.10 Å². The monoisotopic (exact) mass is 297 g/mol. The Bertz CT molecular complexity index is 687. The molecule has 0 bridgehead atoms. The molecule has 2 heterocycles. The number of rotatable bonds is 6. The fourth-order valence-corrected chi connectivity index (χ4v) is 3.07. The Morgan fingerprint density at radius 3 is 2.70 bits per heavy atom. The van der Waals surface area contributed by atoms with Crippen LogP contribution in [0.5, 0.6) is 0 Å². The van der Waals surface area contributed by atoms with Gasteiger partial charge in [0, 0.05) is 38.2 Å². The van der Waals surface area contributed by atoms with E-state index in [4.69, 9.17) is 5.73 Å². The van der Waals surface area contributed by atoms with Crippen molar-refractivity contribution >= 4 is 15.7 Å². The molecule has 0 atom stereocenters. The second-order valence-electron chi connectivity index (χ2n) is 4.57. The molecule has 0 radical (unpaired) electrons.